The third kappa shape index (κ3) is 4.72. The van der Waals surface area contributed by atoms with Gasteiger partial charge in [0.15, 0.2) is 0 Å². The number of nitrogens with one attached hydrogen (secondary N) is 1. The molecule has 0 amide bonds. The van der Waals surface area contributed by atoms with Gasteiger partial charge >= 0.3 is 6.18 Å². The van der Waals surface area contributed by atoms with E-state index in [9.17, 15) is 17.6 Å². The van der Waals surface area contributed by atoms with Crippen LogP contribution in [0.15, 0.2) is 60.8 Å². The van der Waals surface area contributed by atoms with Crippen molar-refractivity contribution in [2.24, 2.45) is 0 Å². The zero-order valence-electron chi connectivity index (χ0n) is 17.5. The molecular weight excluding hydrogens is 442 g/mol. The average Bonchev–Trinajstić information content (AvgIpc) is 2.98. The van der Waals surface area contributed by atoms with Gasteiger partial charge in [-0.3, -0.25) is 4.98 Å². The van der Waals surface area contributed by atoms with Crippen LogP contribution in [0.4, 0.5) is 23.2 Å². The van der Waals surface area contributed by atoms with Gasteiger partial charge in [-0.15, -0.1) is 12.4 Å². The molecule has 2 aromatic carbocycles. The maximum atomic E-state index is 13.1. The molecule has 2 heterocycles. The molecule has 0 saturated carbocycles. The lowest BCUT2D eigenvalue weighted by Crippen LogP contribution is -2.08. The second-order valence-corrected chi connectivity index (χ2v) is 7.51. The summed E-state index contributed by atoms with van der Waals surface area (Å²) < 4.78 is 53.9. The van der Waals surface area contributed by atoms with Crippen molar-refractivity contribution in [3.63, 3.8) is 0 Å². The Labute approximate surface area is 189 Å². The second kappa shape index (κ2) is 9.20. The summed E-state index contributed by atoms with van der Waals surface area (Å²) in [7, 11) is 0. The lowest BCUT2D eigenvalue weighted by Gasteiger charge is -2.13. The standard InChI is InChI=1S/C24H21F4N3.ClH/c1-15-16(2)31(14-17-3-5-18(6-4-17)24(26,27)28)23-21(15)11-12-29-22(23)13-30-20-9-7-19(25)8-10-20;/h3-12,30H,13-14H2,1-2H3;1H. The fourth-order valence-corrected chi connectivity index (χ4v) is 3.73. The molecule has 0 bridgehead atoms. The number of alkyl halides is 3. The number of benzene rings is 2. The van der Waals surface area contributed by atoms with E-state index in [1.807, 2.05) is 19.9 Å². The van der Waals surface area contributed by atoms with Gasteiger partial charge in [-0.2, -0.15) is 13.2 Å². The first-order valence-corrected chi connectivity index (χ1v) is 9.83. The summed E-state index contributed by atoms with van der Waals surface area (Å²) in [6.07, 6.45) is -2.60. The zero-order chi connectivity index (χ0) is 22.2. The van der Waals surface area contributed by atoms with Gasteiger partial charge in [0.05, 0.1) is 23.3 Å². The third-order valence-electron chi connectivity index (χ3n) is 5.55. The van der Waals surface area contributed by atoms with Gasteiger partial charge in [0.25, 0.3) is 0 Å². The number of nitrogens with zero attached hydrogens (tertiary/aromatic N) is 2. The van der Waals surface area contributed by atoms with Crippen molar-refractivity contribution in [3.05, 3.63) is 94.7 Å². The third-order valence-corrected chi connectivity index (χ3v) is 5.55. The monoisotopic (exact) mass is 463 g/mol. The van der Waals surface area contributed by atoms with Crippen molar-refractivity contribution in [1.29, 1.82) is 0 Å². The molecule has 3 nitrogen and oxygen atoms in total. The molecule has 0 radical (unpaired) electrons. The molecule has 4 aromatic rings. The Morgan fingerprint density at radius 3 is 2.22 bits per heavy atom. The van der Waals surface area contributed by atoms with E-state index in [0.29, 0.717) is 13.1 Å². The van der Waals surface area contributed by atoms with Crippen LogP contribution in [0.5, 0.6) is 0 Å². The van der Waals surface area contributed by atoms with Crippen molar-refractivity contribution in [3.8, 4) is 0 Å². The van der Waals surface area contributed by atoms with E-state index in [1.54, 1.807) is 18.3 Å². The lowest BCUT2D eigenvalue weighted by molar-refractivity contribution is -0.137. The number of fused-ring (bicyclic) bond motifs is 1. The van der Waals surface area contributed by atoms with Crippen molar-refractivity contribution >= 4 is 29.0 Å². The van der Waals surface area contributed by atoms with Crippen LogP contribution in [0.1, 0.15) is 28.1 Å². The Hall–Kier alpha value is -3.06. The highest BCUT2D eigenvalue weighted by atomic mass is 35.5. The predicted octanol–water partition coefficient (Wildman–Crippen LogP) is 6.89. The number of hydrogen-bond donors (Lipinski definition) is 1. The van der Waals surface area contributed by atoms with Crippen LogP contribution in [-0.2, 0) is 19.3 Å². The van der Waals surface area contributed by atoms with E-state index in [0.717, 1.165) is 51.2 Å². The van der Waals surface area contributed by atoms with Crippen LogP contribution >= 0.6 is 12.4 Å². The fourth-order valence-electron chi connectivity index (χ4n) is 3.73. The van der Waals surface area contributed by atoms with Crippen molar-refractivity contribution in [2.75, 3.05) is 5.32 Å². The molecule has 0 saturated heterocycles. The molecule has 0 aliphatic rings. The number of aromatic nitrogens is 2. The van der Waals surface area contributed by atoms with Crippen molar-refractivity contribution in [1.82, 2.24) is 9.55 Å². The van der Waals surface area contributed by atoms with Crippen LogP contribution in [0, 0.1) is 19.7 Å². The summed E-state index contributed by atoms with van der Waals surface area (Å²) in [5.41, 5.74) is 4.77. The maximum Gasteiger partial charge on any atom is 0.416 e. The van der Waals surface area contributed by atoms with Gasteiger partial charge in [-0.25, -0.2) is 4.39 Å². The number of rotatable bonds is 5. The molecule has 0 aliphatic heterocycles. The quantitative estimate of drug-likeness (QED) is 0.326. The normalized spacial score (nSPS) is 11.4. The first-order valence-electron chi connectivity index (χ1n) is 9.83. The average molecular weight is 464 g/mol. The first-order chi connectivity index (χ1) is 14.7. The van der Waals surface area contributed by atoms with Gasteiger partial charge in [-0.05, 0) is 67.4 Å². The number of pyridine rings is 1. The molecule has 0 spiro atoms. The zero-order valence-corrected chi connectivity index (χ0v) is 18.3. The Bertz CT molecular complexity index is 1210. The lowest BCUT2D eigenvalue weighted by atomic mass is 10.1. The number of anilines is 1. The minimum Gasteiger partial charge on any atom is -0.379 e. The van der Waals surface area contributed by atoms with Gasteiger partial charge in [0, 0.05) is 29.5 Å². The van der Waals surface area contributed by atoms with Crippen molar-refractivity contribution in [2.45, 2.75) is 33.1 Å². The Balaban J connectivity index is 0.00000289. The van der Waals surface area contributed by atoms with E-state index < -0.39 is 11.7 Å². The van der Waals surface area contributed by atoms with Gasteiger partial charge < -0.3 is 9.88 Å². The topological polar surface area (TPSA) is 29.9 Å². The SMILES string of the molecule is Cc1c(C)n(Cc2ccc(C(F)(F)F)cc2)c2c(CNc3ccc(F)cc3)nccc12.Cl. The molecule has 1 N–H and O–H groups in total. The van der Waals surface area contributed by atoms with E-state index >= 15 is 0 Å². The molecule has 0 atom stereocenters. The summed E-state index contributed by atoms with van der Waals surface area (Å²) in [4.78, 5) is 4.54. The molecule has 32 heavy (non-hydrogen) atoms. The highest BCUT2D eigenvalue weighted by Crippen LogP contribution is 2.31. The molecule has 0 unspecified atom stereocenters. The largest absolute Gasteiger partial charge is 0.416 e. The minimum absolute atomic E-state index is 0. The van der Waals surface area contributed by atoms with Crippen molar-refractivity contribution < 1.29 is 17.6 Å². The number of halogens is 5. The van der Waals surface area contributed by atoms with E-state index in [2.05, 4.69) is 14.9 Å². The maximum absolute atomic E-state index is 13.1. The van der Waals surface area contributed by atoms with Crippen LogP contribution in [0.3, 0.4) is 0 Å². The molecule has 4 rings (SSSR count). The number of aryl methyl sites for hydroxylation is 1. The molecule has 168 valence electrons. The Morgan fingerprint density at radius 1 is 0.938 bits per heavy atom. The highest BCUT2D eigenvalue weighted by Gasteiger charge is 2.30. The minimum atomic E-state index is -4.35. The summed E-state index contributed by atoms with van der Waals surface area (Å²) >= 11 is 0. The summed E-state index contributed by atoms with van der Waals surface area (Å²) in [6.45, 7) is 4.89. The van der Waals surface area contributed by atoms with Gasteiger partial charge in [0.1, 0.15) is 5.82 Å². The van der Waals surface area contributed by atoms with E-state index in [1.165, 1.54) is 24.3 Å². The van der Waals surface area contributed by atoms with Gasteiger partial charge in [-0.1, -0.05) is 12.1 Å². The predicted molar refractivity (Wildman–Crippen MR) is 121 cm³/mol. The highest BCUT2D eigenvalue weighted by molar-refractivity contribution is 5.87. The Morgan fingerprint density at radius 2 is 1.59 bits per heavy atom. The number of hydrogen-bond acceptors (Lipinski definition) is 2. The Kier molecular flexibility index (Phi) is 6.79. The summed E-state index contributed by atoms with van der Waals surface area (Å²) in [5, 5.41) is 4.31. The van der Waals surface area contributed by atoms with Gasteiger partial charge in [0.2, 0.25) is 0 Å². The van der Waals surface area contributed by atoms with Crippen LogP contribution in [0.25, 0.3) is 10.9 Å². The van der Waals surface area contributed by atoms with Crippen LogP contribution in [-0.4, -0.2) is 9.55 Å². The van der Waals surface area contributed by atoms with Crippen LogP contribution in [0.2, 0.25) is 0 Å². The molecule has 2 aromatic heterocycles. The summed E-state index contributed by atoms with van der Waals surface area (Å²) in [6, 6.07) is 13.3. The first kappa shape index (κ1) is 23.6. The van der Waals surface area contributed by atoms with E-state index in [4.69, 9.17) is 0 Å². The fraction of sp³-hybridized carbons (Fsp3) is 0.208. The molecular formula is C24H22ClF4N3. The molecule has 0 fully saturated rings. The smallest absolute Gasteiger partial charge is 0.379 e. The molecule has 0 aliphatic carbocycles. The van der Waals surface area contributed by atoms with Crippen LogP contribution < -0.4 is 5.32 Å². The second-order valence-electron chi connectivity index (χ2n) is 7.51. The summed E-state index contributed by atoms with van der Waals surface area (Å²) in [5.74, 6) is -0.303. The van der Waals surface area contributed by atoms with E-state index in [-0.39, 0.29) is 18.2 Å². The molecule has 8 heteroatoms.